The van der Waals surface area contributed by atoms with Gasteiger partial charge in [-0.3, -0.25) is 4.79 Å². The van der Waals surface area contributed by atoms with Crippen molar-refractivity contribution in [3.63, 3.8) is 0 Å². The highest BCUT2D eigenvalue weighted by atomic mass is 32.2. The summed E-state index contributed by atoms with van der Waals surface area (Å²) in [5, 5.41) is 0.522. The van der Waals surface area contributed by atoms with Gasteiger partial charge in [0.05, 0.1) is 10.4 Å². The van der Waals surface area contributed by atoms with E-state index in [1.54, 1.807) is 0 Å². The molecular formula is C12H20N2OS2. The van der Waals surface area contributed by atoms with Gasteiger partial charge in [0.1, 0.15) is 0 Å². The van der Waals surface area contributed by atoms with Crippen LogP contribution in [-0.2, 0) is 4.79 Å². The molecule has 1 atom stereocenters. The SMILES string of the molecule is CC1CC(C(=O)N2CCSC(C)C2)(C(N)=S)C1. The van der Waals surface area contributed by atoms with Crippen molar-refractivity contribution in [3.05, 3.63) is 0 Å². The van der Waals surface area contributed by atoms with Crippen molar-refractivity contribution >= 4 is 34.9 Å². The van der Waals surface area contributed by atoms with Crippen LogP contribution in [0.2, 0.25) is 0 Å². The molecule has 1 saturated carbocycles. The Morgan fingerprint density at radius 3 is 2.59 bits per heavy atom. The van der Waals surface area contributed by atoms with Crippen LogP contribution in [0, 0.1) is 11.3 Å². The summed E-state index contributed by atoms with van der Waals surface area (Å²) in [4.78, 5) is 14.9. The van der Waals surface area contributed by atoms with Gasteiger partial charge in [-0.2, -0.15) is 11.8 Å². The maximum Gasteiger partial charge on any atom is 0.235 e. The third kappa shape index (κ3) is 2.32. The van der Waals surface area contributed by atoms with Crippen LogP contribution in [0.4, 0.5) is 0 Å². The number of nitrogens with two attached hydrogens (primary N) is 1. The Morgan fingerprint density at radius 2 is 2.12 bits per heavy atom. The van der Waals surface area contributed by atoms with Crippen molar-refractivity contribution in [1.29, 1.82) is 0 Å². The second-order valence-corrected chi connectivity index (χ2v) is 7.38. The summed E-state index contributed by atoms with van der Waals surface area (Å²) in [5.74, 6) is 1.77. The summed E-state index contributed by atoms with van der Waals surface area (Å²) in [6.45, 7) is 5.99. The first-order valence-electron chi connectivity index (χ1n) is 6.16. The molecule has 0 spiro atoms. The lowest BCUT2D eigenvalue weighted by Gasteiger charge is -2.47. The predicted octanol–water partition coefficient (Wildman–Crippen LogP) is 1.65. The van der Waals surface area contributed by atoms with Gasteiger partial charge >= 0.3 is 0 Å². The molecule has 1 saturated heterocycles. The molecule has 3 nitrogen and oxygen atoms in total. The largest absolute Gasteiger partial charge is 0.392 e. The summed E-state index contributed by atoms with van der Waals surface area (Å²) >= 11 is 7.06. The van der Waals surface area contributed by atoms with Crippen LogP contribution in [0.1, 0.15) is 26.7 Å². The zero-order chi connectivity index (χ0) is 12.6. The molecule has 1 amide bonds. The molecule has 2 fully saturated rings. The summed E-state index contributed by atoms with van der Waals surface area (Å²) in [6, 6.07) is 0. The minimum Gasteiger partial charge on any atom is -0.392 e. The molecule has 2 aliphatic rings. The van der Waals surface area contributed by atoms with Crippen LogP contribution >= 0.6 is 24.0 Å². The highest BCUT2D eigenvalue weighted by Gasteiger charge is 2.52. The van der Waals surface area contributed by atoms with Crippen LogP contribution in [0.15, 0.2) is 0 Å². The molecule has 1 aliphatic heterocycles. The Kier molecular flexibility index (Phi) is 3.69. The number of hydrogen-bond donors (Lipinski definition) is 1. The number of carbonyl (C=O) groups excluding carboxylic acids is 1. The molecular weight excluding hydrogens is 252 g/mol. The van der Waals surface area contributed by atoms with E-state index in [2.05, 4.69) is 13.8 Å². The van der Waals surface area contributed by atoms with Gasteiger partial charge in [0.15, 0.2) is 0 Å². The number of thiocarbonyl (C=S) groups is 1. The molecule has 0 aromatic carbocycles. The van der Waals surface area contributed by atoms with Crippen LogP contribution < -0.4 is 5.73 Å². The molecule has 17 heavy (non-hydrogen) atoms. The third-order valence-electron chi connectivity index (χ3n) is 3.80. The van der Waals surface area contributed by atoms with Gasteiger partial charge < -0.3 is 10.6 Å². The average Bonchev–Trinajstić information content (AvgIpc) is 2.23. The fourth-order valence-electron chi connectivity index (χ4n) is 2.92. The van der Waals surface area contributed by atoms with Gasteiger partial charge in [-0.1, -0.05) is 26.1 Å². The predicted molar refractivity (Wildman–Crippen MR) is 76.1 cm³/mol. The molecule has 2 N–H and O–H groups in total. The van der Waals surface area contributed by atoms with Gasteiger partial charge in [-0.15, -0.1) is 0 Å². The van der Waals surface area contributed by atoms with E-state index < -0.39 is 5.41 Å². The number of thioether (sulfide) groups is 1. The number of carbonyl (C=O) groups is 1. The molecule has 0 bridgehead atoms. The fraction of sp³-hybridized carbons (Fsp3) is 0.833. The zero-order valence-electron chi connectivity index (χ0n) is 10.4. The summed E-state index contributed by atoms with van der Waals surface area (Å²) in [6.07, 6.45) is 1.67. The number of rotatable bonds is 2. The van der Waals surface area contributed by atoms with Crippen molar-refractivity contribution in [2.24, 2.45) is 17.1 Å². The fourth-order valence-corrected chi connectivity index (χ4v) is 4.18. The number of nitrogens with zero attached hydrogens (tertiary/aromatic N) is 1. The Balaban J connectivity index is 2.09. The van der Waals surface area contributed by atoms with E-state index >= 15 is 0 Å². The van der Waals surface area contributed by atoms with E-state index in [0.717, 1.165) is 31.7 Å². The zero-order valence-corrected chi connectivity index (χ0v) is 12.1. The molecule has 2 rings (SSSR count). The number of hydrogen-bond acceptors (Lipinski definition) is 3. The van der Waals surface area contributed by atoms with Crippen molar-refractivity contribution in [3.8, 4) is 0 Å². The Labute approximate surface area is 112 Å². The Hall–Kier alpha value is -0.290. The molecule has 0 aromatic rings. The topological polar surface area (TPSA) is 46.3 Å². The third-order valence-corrected chi connectivity index (χ3v) is 5.33. The van der Waals surface area contributed by atoms with Crippen molar-refractivity contribution in [2.45, 2.75) is 31.9 Å². The van der Waals surface area contributed by atoms with Gasteiger partial charge in [0, 0.05) is 24.1 Å². The molecule has 5 heteroatoms. The van der Waals surface area contributed by atoms with E-state index in [0.29, 0.717) is 16.2 Å². The first kappa shape index (κ1) is 13.1. The minimum atomic E-state index is -0.517. The summed E-state index contributed by atoms with van der Waals surface area (Å²) < 4.78 is 0. The van der Waals surface area contributed by atoms with Crippen LogP contribution in [0.5, 0.6) is 0 Å². The normalized spacial score (nSPS) is 37.4. The standard InChI is InChI=1S/C12H20N2OS2/c1-8-5-12(6-8,10(13)16)11(15)14-3-4-17-9(2)7-14/h8-9H,3-7H2,1-2H3,(H2,13,16). The van der Waals surface area contributed by atoms with Crippen LogP contribution in [0.25, 0.3) is 0 Å². The lowest BCUT2D eigenvalue weighted by molar-refractivity contribution is -0.144. The van der Waals surface area contributed by atoms with E-state index in [1.165, 1.54) is 0 Å². The molecule has 1 aliphatic carbocycles. The maximum atomic E-state index is 12.6. The average molecular weight is 272 g/mol. The highest BCUT2D eigenvalue weighted by molar-refractivity contribution is 7.99. The minimum absolute atomic E-state index is 0.176. The Morgan fingerprint density at radius 1 is 1.47 bits per heavy atom. The first-order chi connectivity index (χ1) is 7.95. The molecule has 1 heterocycles. The Bertz CT molecular complexity index is 339. The van der Waals surface area contributed by atoms with E-state index in [4.69, 9.17) is 18.0 Å². The monoisotopic (exact) mass is 272 g/mol. The van der Waals surface area contributed by atoms with Crippen molar-refractivity contribution in [1.82, 2.24) is 4.90 Å². The lowest BCUT2D eigenvalue weighted by atomic mass is 9.61. The van der Waals surface area contributed by atoms with Crippen molar-refractivity contribution < 1.29 is 4.79 Å². The van der Waals surface area contributed by atoms with Crippen LogP contribution in [-0.4, -0.2) is 39.9 Å². The van der Waals surface area contributed by atoms with Gasteiger partial charge in [-0.25, -0.2) is 0 Å². The van der Waals surface area contributed by atoms with Crippen LogP contribution in [0.3, 0.4) is 0 Å². The highest BCUT2D eigenvalue weighted by Crippen LogP contribution is 2.47. The van der Waals surface area contributed by atoms with E-state index in [1.807, 2.05) is 16.7 Å². The van der Waals surface area contributed by atoms with Gasteiger partial charge in [0.25, 0.3) is 0 Å². The molecule has 0 radical (unpaired) electrons. The van der Waals surface area contributed by atoms with Crippen molar-refractivity contribution in [2.75, 3.05) is 18.8 Å². The quantitative estimate of drug-likeness (QED) is 0.777. The van der Waals surface area contributed by atoms with E-state index in [9.17, 15) is 4.79 Å². The molecule has 0 aromatic heterocycles. The van der Waals surface area contributed by atoms with Gasteiger partial charge in [-0.05, 0) is 18.8 Å². The lowest BCUT2D eigenvalue weighted by Crippen LogP contribution is -2.58. The number of amides is 1. The second kappa shape index (κ2) is 4.76. The first-order valence-corrected chi connectivity index (χ1v) is 7.62. The van der Waals surface area contributed by atoms with Gasteiger partial charge in [0.2, 0.25) is 5.91 Å². The smallest absolute Gasteiger partial charge is 0.235 e. The molecule has 96 valence electrons. The summed E-state index contributed by atoms with van der Waals surface area (Å²) in [7, 11) is 0. The molecule has 1 unspecified atom stereocenters. The maximum absolute atomic E-state index is 12.6. The second-order valence-electron chi connectivity index (χ2n) is 5.39. The van der Waals surface area contributed by atoms with E-state index in [-0.39, 0.29) is 5.91 Å². The summed E-state index contributed by atoms with van der Waals surface area (Å²) in [5.41, 5.74) is 5.30.